The van der Waals surface area contributed by atoms with E-state index in [2.05, 4.69) is 31.4 Å². The van der Waals surface area contributed by atoms with Gasteiger partial charge in [-0.25, -0.2) is 0 Å². The molecule has 0 aliphatic carbocycles. The maximum atomic E-state index is 5.51. The summed E-state index contributed by atoms with van der Waals surface area (Å²) >= 11 is 4.78. The third-order valence-electron chi connectivity index (χ3n) is 2.17. The van der Waals surface area contributed by atoms with Crippen LogP contribution < -0.4 is 5.32 Å². The molecule has 0 amide bonds. The normalized spacial score (nSPS) is 21.4. The molecule has 4 nitrogen and oxygen atoms in total. The van der Waals surface area contributed by atoms with E-state index in [1.165, 1.54) is 24.2 Å². The van der Waals surface area contributed by atoms with E-state index in [-0.39, 0.29) is 0 Å². The van der Waals surface area contributed by atoms with Crippen LogP contribution in [-0.4, -0.2) is 29.5 Å². The van der Waals surface area contributed by atoms with E-state index in [0.717, 1.165) is 28.6 Å². The van der Waals surface area contributed by atoms with E-state index in [1.54, 1.807) is 0 Å². The molecule has 78 valence electrons. The van der Waals surface area contributed by atoms with Crippen molar-refractivity contribution < 1.29 is 4.74 Å². The van der Waals surface area contributed by atoms with Crippen LogP contribution in [0.15, 0.2) is 3.92 Å². The summed E-state index contributed by atoms with van der Waals surface area (Å²) in [5.74, 6) is 0. The molecule has 0 spiro atoms. The highest BCUT2D eigenvalue weighted by molar-refractivity contribution is 9.11. The topological polar surface area (TPSA) is 47.0 Å². The molecule has 1 aromatic rings. The molecule has 1 atom stereocenters. The molecule has 1 N–H and O–H groups in total. The van der Waals surface area contributed by atoms with Gasteiger partial charge in [-0.15, -0.1) is 10.2 Å². The molecule has 1 aliphatic heterocycles. The summed E-state index contributed by atoms with van der Waals surface area (Å²) in [5, 5.41) is 11.9. The second-order valence-electron chi connectivity index (χ2n) is 3.21. The minimum absolute atomic E-state index is 0.443. The maximum absolute atomic E-state index is 5.51. The number of ether oxygens (including phenoxy) is 1. The minimum atomic E-state index is 0.443. The monoisotopic (exact) mass is 277 g/mol. The summed E-state index contributed by atoms with van der Waals surface area (Å²) in [5.41, 5.74) is 0. The van der Waals surface area contributed by atoms with Crippen LogP contribution in [0, 0.1) is 0 Å². The Hall–Kier alpha value is -0.200. The molecule has 1 unspecified atom stereocenters. The Morgan fingerprint density at radius 2 is 2.50 bits per heavy atom. The van der Waals surface area contributed by atoms with Gasteiger partial charge in [-0.1, -0.05) is 11.3 Å². The summed E-state index contributed by atoms with van der Waals surface area (Å²) < 4.78 is 6.33. The minimum Gasteiger partial charge on any atom is -0.378 e. The van der Waals surface area contributed by atoms with Crippen LogP contribution >= 0.6 is 27.3 Å². The number of hydrogen-bond donors (Lipinski definition) is 1. The first-order valence-corrected chi connectivity index (χ1v) is 6.30. The van der Waals surface area contributed by atoms with Crippen molar-refractivity contribution in [1.29, 1.82) is 0 Å². The second kappa shape index (κ2) is 5.04. The zero-order chi connectivity index (χ0) is 9.80. The van der Waals surface area contributed by atoms with Gasteiger partial charge in [0.15, 0.2) is 3.92 Å². The smallest absolute Gasteiger partial charge is 0.206 e. The first-order chi connectivity index (χ1) is 6.84. The lowest BCUT2D eigenvalue weighted by Crippen LogP contribution is -2.12. The van der Waals surface area contributed by atoms with Gasteiger partial charge < -0.3 is 10.1 Å². The lowest BCUT2D eigenvalue weighted by molar-refractivity contribution is 0.107. The van der Waals surface area contributed by atoms with Crippen molar-refractivity contribution in [1.82, 2.24) is 10.2 Å². The first kappa shape index (κ1) is 10.3. The van der Waals surface area contributed by atoms with Crippen molar-refractivity contribution in [2.45, 2.75) is 25.4 Å². The average Bonchev–Trinajstić information content (AvgIpc) is 2.77. The molecular weight excluding hydrogens is 266 g/mol. The first-order valence-electron chi connectivity index (χ1n) is 4.69. The number of halogens is 1. The molecule has 6 heteroatoms. The number of nitrogens with zero attached hydrogens (tertiary/aromatic N) is 2. The molecule has 0 saturated carbocycles. The second-order valence-corrected chi connectivity index (χ2v) is 5.46. The van der Waals surface area contributed by atoms with Crippen molar-refractivity contribution in [2.75, 3.05) is 18.5 Å². The van der Waals surface area contributed by atoms with Gasteiger partial charge in [0.05, 0.1) is 6.10 Å². The average molecular weight is 278 g/mol. The Morgan fingerprint density at radius 3 is 3.14 bits per heavy atom. The van der Waals surface area contributed by atoms with Gasteiger partial charge in [-0.05, 0) is 35.2 Å². The third kappa shape index (κ3) is 2.90. The van der Waals surface area contributed by atoms with Crippen LogP contribution in [0.2, 0.25) is 0 Å². The fourth-order valence-electron chi connectivity index (χ4n) is 1.49. The van der Waals surface area contributed by atoms with Crippen LogP contribution in [0.4, 0.5) is 5.13 Å². The van der Waals surface area contributed by atoms with Crippen LogP contribution in [0.25, 0.3) is 0 Å². The van der Waals surface area contributed by atoms with Crippen molar-refractivity contribution in [3.63, 3.8) is 0 Å². The summed E-state index contributed by atoms with van der Waals surface area (Å²) in [6.07, 6.45) is 3.90. The fraction of sp³-hybridized carbons (Fsp3) is 0.750. The Kier molecular flexibility index (Phi) is 3.72. The van der Waals surface area contributed by atoms with Gasteiger partial charge >= 0.3 is 0 Å². The summed E-state index contributed by atoms with van der Waals surface area (Å²) in [6, 6.07) is 0. The van der Waals surface area contributed by atoms with Gasteiger partial charge in [-0.3, -0.25) is 0 Å². The molecule has 14 heavy (non-hydrogen) atoms. The number of hydrogen-bond acceptors (Lipinski definition) is 5. The van der Waals surface area contributed by atoms with Crippen LogP contribution in [0.3, 0.4) is 0 Å². The Bertz CT molecular complexity index is 288. The summed E-state index contributed by atoms with van der Waals surface area (Å²) in [7, 11) is 0. The van der Waals surface area contributed by atoms with Gasteiger partial charge in [-0.2, -0.15) is 0 Å². The predicted octanol–water partition coefficient (Wildman–Crippen LogP) is 2.28. The maximum Gasteiger partial charge on any atom is 0.206 e. The van der Waals surface area contributed by atoms with Gasteiger partial charge in [0.25, 0.3) is 0 Å². The molecule has 0 radical (unpaired) electrons. The number of aromatic nitrogens is 2. The highest BCUT2D eigenvalue weighted by Gasteiger charge is 2.14. The highest BCUT2D eigenvalue weighted by atomic mass is 79.9. The Labute approximate surface area is 95.2 Å². The molecular formula is C8H12BrN3OS. The van der Waals surface area contributed by atoms with E-state index in [9.17, 15) is 0 Å². The van der Waals surface area contributed by atoms with Crippen LogP contribution in [0.1, 0.15) is 19.3 Å². The van der Waals surface area contributed by atoms with Crippen molar-refractivity contribution in [3.05, 3.63) is 3.92 Å². The molecule has 2 heterocycles. The zero-order valence-corrected chi connectivity index (χ0v) is 10.1. The van der Waals surface area contributed by atoms with E-state index < -0.39 is 0 Å². The van der Waals surface area contributed by atoms with E-state index in [1.807, 2.05) is 0 Å². The van der Waals surface area contributed by atoms with Gasteiger partial charge in [0, 0.05) is 13.2 Å². The molecule has 0 aromatic carbocycles. The van der Waals surface area contributed by atoms with Crippen molar-refractivity contribution >= 4 is 32.4 Å². The molecule has 1 aromatic heterocycles. The van der Waals surface area contributed by atoms with E-state index >= 15 is 0 Å². The predicted molar refractivity (Wildman–Crippen MR) is 59.7 cm³/mol. The molecule has 1 aliphatic rings. The summed E-state index contributed by atoms with van der Waals surface area (Å²) in [6.45, 7) is 1.83. The quantitative estimate of drug-likeness (QED) is 0.918. The Balaban J connectivity index is 1.67. The van der Waals surface area contributed by atoms with Crippen molar-refractivity contribution in [2.24, 2.45) is 0 Å². The van der Waals surface area contributed by atoms with Crippen molar-refractivity contribution in [3.8, 4) is 0 Å². The third-order valence-corrected chi connectivity index (χ3v) is 3.48. The number of rotatable bonds is 4. The van der Waals surface area contributed by atoms with E-state index in [0.29, 0.717) is 6.10 Å². The van der Waals surface area contributed by atoms with E-state index in [4.69, 9.17) is 4.74 Å². The van der Waals surface area contributed by atoms with Crippen LogP contribution in [0.5, 0.6) is 0 Å². The molecule has 2 rings (SSSR count). The number of anilines is 1. The molecule has 1 fully saturated rings. The van der Waals surface area contributed by atoms with Gasteiger partial charge in [0.1, 0.15) is 0 Å². The fourth-order valence-corrected chi connectivity index (χ4v) is 2.53. The highest BCUT2D eigenvalue weighted by Crippen LogP contribution is 2.20. The zero-order valence-electron chi connectivity index (χ0n) is 7.70. The lowest BCUT2D eigenvalue weighted by atomic mass is 10.2. The largest absolute Gasteiger partial charge is 0.378 e. The SMILES string of the molecule is Brc1nnc(NCCC2CCCO2)s1. The molecule has 1 saturated heterocycles. The van der Waals surface area contributed by atoms with Gasteiger partial charge in [0.2, 0.25) is 5.13 Å². The summed E-state index contributed by atoms with van der Waals surface area (Å²) in [4.78, 5) is 0. The standard InChI is InChI=1S/C8H12BrN3OS/c9-7-11-12-8(14-7)10-4-3-6-2-1-5-13-6/h6H,1-5H2,(H,10,12). The number of nitrogens with one attached hydrogen (secondary N) is 1. The lowest BCUT2D eigenvalue weighted by Gasteiger charge is -2.08. The Morgan fingerprint density at radius 1 is 1.57 bits per heavy atom. The van der Waals surface area contributed by atoms with Crippen LogP contribution in [-0.2, 0) is 4.74 Å². The molecule has 0 bridgehead atoms.